The van der Waals surface area contributed by atoms with Gasteiger partial charge in [-0.05, 0) is 81.4 Å². The van der Waals surface area contributed by atoms with Crippen LogP contribution in [0.1, 0.15) is 67.2 Å². The molecule has 0 aliphatic carbocycles. The predicted octanol–water partition coefficient (Wildman–Crippen LogP) is 5.52. The molecule has 1 atom stereocenters. The zero-order chi connectivity index (χ0) is 26.4. The number of halogens is 3. The largest absolute Gasteiger partial charge is 0.487 e. The molecule has 3 heterocycles. The van der Waals surface area contributed by atoms with Crippen molar-refractivity contribution in [2.45, 2.75) is 61.6 Å². The summed E-state index contributed by atoms with van der Waals surface area (Å²) in [6, 6.07) is 8.71. The van der Waals surface area contributed by atoms with Crippen LogP contribution in [0, 0.1) is 0 Å². The molecule has 0 unspecified atom stereocenters. The minimum Gasteiger partial charge on any atom is -0.487 e. The monoisotopic (exact) mass is 552 g/mol. The lowest BCUT2D eigenvalue weighted by Gasteiger charge is -2.39. The zero-order valence-electron chi connectivity index (χ0n) is 20.3. The van der Waals surface area contributed by atoms with E-state index in [1.807, 2.05) is 13.8 Å². The first-order chi connectivity index (χ1) is 17.4. The first kappa shape index (κ1) is 25.9. The molecule has 1 aromatic heterocycles. The highest BCUT2D eigenvalue weighted by atomic mass is 32.2. The molecule has 0 radical (unpaired) electrons. The SMILES string of the molecule is CC1(C)C[C@H](c2ccc(C(F)(F)F)cc2C2CCNCC2)c2ccc(S(=O)(=O)Nc3ncns3)cc2O1. The van der Waals surface area contributed by atoms with E-state index in [1.165, 1.54) is 24.5 Å². The van der Waals surface area contributed by atoms with Crippen molar-refractivity contribution in [2.24, 2.45) is 0 Å². The number of fused-ring (bicyclic) bond motifs is 1. The van der Waals surface area contributed by atoms with E-state index in [1.54, 1.807) is 12.1 Å². The second kappa shape index (κ2) is 9.55. The Kier molecular flexibility index (Phi) is 6.70. The van der Waals surface area contributed by atoms with Gasteiger partial charge < -0.3 is 10.1 Å². The Morgan fingerprint density at radius 3 is 2.49 bits per heavy atom. The number of nitrogens with zero attached hydrogens (tertiary/aromatic N) is 2. The molecule has 2 aromatic carbocycles. The highest BCUT2D eigenvalue weighted by Gasteiger charge is 2.39. The minimum atomic E-state index is -4.43. The van der Waals surface area contributed by atoms with Crippen molar-refractivity contribution in [3.05, 3.63) is 65.0 Å². The van der Waals surface area contributed by atoms with Gasteiger partial charge >= 0.3 is 6.18 Å². The van der Waals surface area contributed by atoms with Crippen molar-refractivity contribution in [1.82, 2.24) is 14.7 Å². The summed E-state index contributed by atoms with van der Waals surface area (Å²) in [5, 5.41) is 3.43. The molecule has 1 fully saturated rings. The van der Waals surface area contributed by atoms with Gasteiger partial charge in [-0.15, -0.1) is 0 Å². The molecule has 1 saturated heterocycles. The first-order valence-corrected chi connectivity index (χ1v) is 14.2. The van der Waals surface area contributed by atoms with E-state index >= 15 is 0 Å². The average Bonchev–Trinajstić information content (AvgIpc) is 3.34. The fourth-order valence-corrected chi connectivity index (χ4v) is 6.90. The Hall–Kier alpha value is -2.70. The van der Waals surface area contributed by atoms with Gasteiger partial charge in [0.2, 0.25) is 5.13 Å². The number of aromatic nitrogens is 2. The normalized spacial score (nSPS) is 20.2. The van der Waals surface area contributed by atoms with Crippen molar-refractivity contribution < 1.29 is 26.3 Å². The molecule has 0 saturated carbocycles. The van der Waals surface area contributed by atoms with Crippen molar-refractivity contribution in [1.29, 1.82) is 0 Å². The topological polar surface area (TPSA) is 93.2 Å². The van der Waals surface area contributed by atoms with E-state index in [4.69, 9.17) is 4.74 Å². The lowest BCUT2D eigenvalue weighted by Crippen LogP contribution is -2.36. The molecule has 7 nitrogen and oxygen atoms in total. The summed E-state index contributed by atoms with van der Waals surface area (Å²) in [4.78, 5) is 3.87. The van der Waals surface area contributed by atoms with Crippen LogP contribution in [0.25, 0.3) is 0 Å². The fraction of sp³-hybridized carbons (Fsp3) is 0.440. The second-order valence-corrected chi connectivity index (χ2v) is 12.5. The molecular formula is C25H27F3N4O3S2. The Labute approximate surface area is 217 Å². The summed E-state index contributed by atoms with van der Waals surface area (Å²) in [5.74, 6) is 0.153. The summed E-state index contributed by atoms with van der Waals surface area (Å²) in [5.41, 5.74) is 0.977. The highest BCUT2D eigenvalue weighted by molar-refractivity contribution is 7.93. The van der Waals surface area contributed by atoms with Crippen molar-refractivity contribution in [3.8, 4) is 5.75 Å². The zero-order valence-corrected chi connectivity index (χ0v) is 21.9. The van der Waals surface area contributed by atoms with Gasteiger partial charge in [-0.1, -0.05) is 12.1 Å². The van der Waals surface area contributed by atoms with Crippen LogP contribution < -0.4 is 14.8 Å². The number of sulfonamides is 1. The molecule has 37 heavy (non-hydrogen) atoms. The van der Waals surface area contributed by atoms with Gasteiger partial charge in [0.25, 0.3) is 10.0 Å². The number of nitrogens with one attached hydrogen (secondary N) is 2. The van der Waals surface area contributed by atoms with Crippen LogP contribution in [0.4, 0.5) is 18.3 Å². The van der Waals surface area contributed by atoms with E-state index in [2.05, 4.69) is 19.4 Å². The number of alkyl halides is 3. The molecule has 2 aliphatic rings. The molecule has 3 aromatic rings. The van der Waals surface area contributed by atoms with Crippen LogP contribution in [0.15, 0.2) is 47.6 Å². The molecule has 0 spiro atoms. The van der Waals surface area contributed by atoms with Gasteiger partial charge in [-0.25, -0.2) is 13.4 Å². The number of hydrogen-bond acceptors (Lipinski definition) is 7. The van der Waals surface area contributed by atoms with E-state index in [0.29, 0.717) is 17.7 Å². The van der Waals surface area contributed by atoms with Gasteiger partial charge in [-0.3, -0.25) is 4.72 Å². The molecule has 0 bridgehead atoms. The molecule has 0 amide bonds. The number of hydrogen-bond donors (Lipinski definition) is 2. The van der Waals surface area contributed by atoms with Crippen LogP contribution in [0.5, 0.6) is 5.75 Å². The molecule has 2 aliphatic heterocycles. The lowest BCUT2D eigenvalue weighted by molar-refractivity contribution is -0.137. The smallest absolute Gasteiger partial charge is 0.416 e. The van der Waals surface area contributed by atoms with Crippen LogP contribution in [-0.4, -0.2) is 36.5 Å². The molecule has 5 rings (SSSR count). The number of ether oxygens (including phenoxy) is 1. The molecule has 2 N–H and O–H groups in total. The van der Waals surface area contributed by atoms with E-state index in [-0.39, 0.29) is 21.9 Å². The molecule has 12 heteroatoms. The van der Waals surface area contributed by atoms with Crippen LogP contribution in [0.2, 0.25) is 0 Å². The van der Waals surface area contributed by atoms with E-state index in [9.17, 15) is 21.6 Å². The third kappa shape index (κ3) is 5.46. The van der Waals surface area contributed by atoms with Crippen molar-refractivity contribution >= 4 is 26.7 Å². The maximum atomic E-state index is 13.7. The quantitative estimate of drug-likeness (QED) is 0.433. The third-order valence-corrected chi connectivity index (χ3v) is 8.95. The van der Waals surface area contributed by atoms with Crippen LogP contribution >= 0.6 is 11.5 Å². The van der Waals surface area contributed by atoms with E-state index < -0.39 is 27.4 Å². The first-order valence-electron chi connectivity index (χ1n) is 12.0. The van der Waals surface area contributed by atoms with Gasteiger partial charge in [0.05, 0.1) is 10.5 Å². The number of piperidine rings is 1. The summed E-state index contributed by atoms with van der Waals surface area (Å²) in [6.07, 6.45) is -1.13. The standard InChI is InChI=1S/C25H27F3N4O3S2/c1-24(2)13-21(18-5-3-16(25(26,27)28)11-20(18)15-7-9-29-10-8-15)19-6-4-17(12-22(19)35-24)37(33,34)32-23-30-14-31-36-23/h3-6,11-12,14-15,21,29H,7-10,13H2,1-2H3,(H,30,31,32)/t21-/m1/s1. The Morgan fingerprint density at radius 1 is 1.08 bits per heavy atom. The number of anilines is 1. The van der Waals surface area contributed by atoms with Gasteiger partial charge in [0.1, 0.15) is 17.7 Å². The highest BCUT2D eigenvalue weighted by Crippen LogP contribution is 2.48. The Morgan fingerprint density at radius 2 is 1.81 bits per heavy atom. The lowest BCUT2D eigenvalue weighted by atomic mass is 9.75. The van der Waals surface area contributed by atoms with Gasteiger partial charge in [0, 0.05) is 29.1 Å². The van der Waals surface area contributed by atoms with Crippen LogP contribution in [0.3, 0.4) is 0 Å². The maximum Gasteiger partial charge on any atom is 0.416 e. The maximum absolute atomic E-state index is 13.7. The fourth-order valence-electron chi connectivity index (χ4n) is 5.22. The third-order valence-electron chi connectivity index (χ3n) is 6.90. The van der Waals surface area contributed by atoms with Crippen molar-refractivity contribution in [3.63, 3.8) is 0 Å². The second-order valence-electron chi connectivity index (χ2n) is 10.0. The van der Waals surface area contributed by atoms with E-state index in [0.717, 1.165) is 54.7 Å². The predicted molar refractivity (Wildman–Crippen MR) is 135 cm³/mol. The molecule has 198 valence electrons. The summed E-state index contributed by atoms with van der Waals surface area (Å²) >= 11 is 0.921. The van der Waals surface area contributed by atoms with Crippen LogP contribution in [-0.2, 0) is 16.2 Å². The minimum absolute atomic E-state index is 0.00344. The van der Waals surface area contributed by atoms with Gasteiger partial charge in [-0.2, -0.15) is 17.5 Å². The Bertz CT molecular complexity index is 1390. The summed E-state index contributed by atoms with van der Waals surface area (Å²) in [6.45, 7) is 5.30. The Balaban J connectivity index is 1.58. The summed E-state index contributed by atoms with van der Waals surface area (Å²) < 4.78 is 79.3. The van der Waals surface area contributed by atoms with Crippen molar-refractivity contribution in [2.75, 3.05) is 17.8 Å². The summed E-state index contributed by atoms with van der Waals surface area (Å²) in [7, 11) is -3.94. The van der Waals surface area contributed by atoms with Gasteiger partial charge in [0.15, 0.2) is 0 Å². The average molecular weight is 553 g/mol. The molecular weight excluding hydrogens is 525 g/mol. The number of rotatable bonds is 5. The number of benzene rings is 2.